The summed E-state index contributed by atoms with van der Waals surface area (Å²) in [6.45, 7) is 7.80. The van der Waals surface area contributed by atoms with Crippen LogP contribution in [-0.4, -0.2) is 26.7 Å². The highest BCUT2D eigenvalue weighted by atomic mass is 35.5. The molecular weight excluding hydrogens is 314 g/mol. The Kier molecular flexibility index (Phi) is 6.29. The molecule has 0 aliphatic heterocycles. The first-order chi connectivity index (χ1) is 10.3. The molecule has 2 rings (SSSR count). The van der Waals surface area contributed by atoms with E-state index in [2.05, 4.69) is 15.4 Å². The summed E-state index contributed by atoms with van der Waals surface area (Å²) >= 11 is 0. The Morgan fingerprint density at radius 1 is 1.26 bits per heavy atom. The van der Waals surface area contributed by atoms with Crippen molar-refractivity contribution in [3.8, 4) is 5.69 Å². The second-order valence-electron chi connectivity index (χ2n) is 6.51. The van der Waals surface area contributed by atoms with Gasteiger partial charge in [0.2, 0.25) is 5.91 Å². The largest absolute Gasteiger partial charge is 0.348 e. The van der Waals surface area contributed by atoms with Crippen LogP contribution >= 0.6 is 12.4 Å². The lowest BCUT2D eigenvalue weighted by molar-refractivity contribution is -0.125. The average molecular weight is 338 g/mol. The highest BCUT2D eigenvalue weighted by Crippen LogP contribution is 2.19. The molecule has 2 atom stereocenters. The number of rotatable bonds is 4. The minimum Gasteiger partial charge on any atom is -0.348 e. The molecule has 7 heteroatoms. The summed E-state index contributed by atoms with van der Waals surface area (Å²) in [6.07, 6.45) is 3.13. The van der Waals surface area contributed by atoms with E-state index in [9.17, 15) is 4.79 Å². The molecular formula is C16H24ClN5O. The number of halogens is 1. The number of amides is 1. The molecule has 0 aliphatic rings. The number of hydrogen-bond donors (Lipinski definition) is 2. The van der Waals surface area contributed by atoms with Crippen LogP contribution in [0.3, 0.4) is 0 Å². The Bertz CT molecular complexity index is 619. The van der Waals surface area contributed by atoms with Crippen LogP contribution in [0.4, 0.5) is 0 Å². The SMILES string of the molecule is CC(NC(=O)[C@@H](N)C(C)(C)C)c1ccc(-n2cncn2)cc1.Cl. The quantitative estimate of drug-likeness (QED) is 0.895. The van der Waals surface area contributed by atoms with E-state index in [0.29, 0.717) is 0 Å². The second kappa shape index (κ2) is 7.57. The van der Waals surface area contributed by atoms with Crippen molar-refractivity contribution >= 4 is 18.3 Å². The number of nitrogens with one attached hydrogen (secondary N) is 1. The molecule has 0 aliphatic carbocycles. The van der Waals surface area contributed by atoms with Gasteiger partial charge in [0.1, 0.15) is 12.7 Å². The van der Waals surface area contributed by atoms with Crippen LogP contribution in [0.5, 0.6) is 0 Å². The summed E-state index contributed by atoms with van der Waals surface area (Å²) in [5, 5.41) is 7.04. The first-order valence-corrected chi connectivity index (χ1v) is 7.30. The molecule has 0 spiro atoms. The molecule has 1 amide bonds. The molecule has 3 N–H and O–H groups in total. The lowest BCUT2D eigenvalue weighted by Gasteiger charge is -2.27. The maximum absolute atomic E-state index is 12.2. The number of nitrogens with two attached hydrogens (primary N) is 1. The van der Waals surface area contributed by atoms with Crippen LogP contribution in [-0.2, 0) is 4.79 Å². The molecule has 126 valence electrons. The minimum absolute atomic E-state index is 0. The topological polar surface area (TPSA) is 85.8 Å². The summed E-state index contributed by atoms with van der Waals surface area (Å²) in [5.74, 6) is -0.139. The maximum atomic E-state index is 12.2. The fourth-order valence-corrected chi connectivity index (χ4v) is 2.04. The molecule has 6 nitrogen and oxygen atoms in total. The monoisotopic (exact) mass is 337 g/mol. The van der Waals surface area contributed by atoms with Crippen molar-refractivity contribution in [1.29, 1.82) is 0 Å². The number of nitrogens with zero attached hydrogens (tertiary/aromatic N) is 3. The summed E-state index contributed by atoms with van der Waals surface area (Å²) in [4.78, 5) is 16.1. The van der Waals surface area contributed by atoms with Gasteiger partial charge in [-0.1, -0.05) is 32.9 Å². The van der Waals surface area contributed by atoms with Crippen LogP contribution in [0.1, 0.15) is 39.3 Å². The molecule has 1 aromatic carbocycles. The van der Waals surface area contributed by atoms with Gasteiger partial charge in [0.25, 0.3) is 0 Å². The van der Waals surface area contributed by atoms with Gasteiger partial charge in [-0.25, -0.2) is 9.67 Å². The predicted molar refractivity (Wildman–Crippen MR) is 92.6 cm³/mol. The van der Waals surface area contributed by atoms with E-state index in [-0.39, 0.29) is 29.8 Å². The lowest BCUT2D eigenvalue weighted by Crippen LogP contribution is -2.49. The van der Waals surface area contributed by atoms with E-state index < -0.39 is 6.04 Å². The Labute approximate surface area is 142 Å². The fraction of sp³-hybridized carbons (Fsp3) is 0.438. The number of aromatic nitrogens is 3. The van der Waals surface area contributed by atoms with Gasteiger partial charge in [-0.2, -0.15) is 5.10 Å². The Hall–Kier alpha value is -1.92. The maximum Gasteiger partial charge on any atom is 0.237 e. The normalized spacial score (nSPS) is 13.8. The number of benzene rings is 1. The lowest BCUT2D eigenvalue weighted by atomic mass is 9.86. The standard InChI is InChI=1S/C16H23N5O.ClH/c1-11(20-15(22)14(17)16(2,3)4)12-5-7-13(8-6-12)21-10-18-9-19-21;/h5-11,14H,17H2,1-4H3,(H,20,22);1H/t11?,14-;/m1./s1. The van der Waals surface area contributed by atoms with Crippen molar-refractivity contribution in [1.82, 2.24) is 20.1 Å². The molecule has 1 aromatic heterocycles. The summed E-state index contributed by atoms with van der Waals surface area (Å²) in [7, 11) is 0. The van der Waals surface area contributed by atoms with Crippen LogP contribution in [0, 0.1) is 5.41 Å². The third-order valence-electron chi connectivity index (χ3n) is 3.65. The number of carbonyl (C=O) groups excluding carboxylic acids is 1. The van der Waals surface area contributed by atoms with Gasteiger partial charge < -0.3 is 11.1 Å². The van der Waals surface area contributed by atoms with E-state index in [4.69, 9.17) is 5.73 Å². The molecule has 0 bridgehead atoms. The summed E-state index contributed by atoms with van der Waals surface area (Å²) < 4.78 is 1.68. The third-order valence-corrected chi connectivity index (χ3v) is 3.65. The molecule has 23 heavy (non-hydrogen) atoms. The van der Waals surface area contributed by atoms with Gasteiger partial charge in [-0.3, -0.25) is 4.79 Å². The zero-order valence-corrected chi connectivity index (χ0v) is 14.7. The summed E-state index contributed by atoms with van der Waals surface area (Å²) in [6, 6.07) is 7.16. The highest BCUT2D eigenvalue weighted by molar-refractivity contribution is 5.85. The first kappa shape index (κ1) is 19.1. The number of carbonyl (C=O) groups is 1. The van der Waals surface area contributed by atoms with Crippen LogP contribution in [0.25, 0.3) is 5.69 Å². The van der Waals surface area contributed by atoms with Crippen molar-refractivity contribution in [2.45, 2.75) is 39.8 Å². The van der Waals surface area contributed by atoms with Crippen molar-refractivity contribution in [3.05, 3.63) is 42.5 Å². The molecule has 1 unspecified atom stereocenters. The first-order valence-electron chi connectivity index (χ1n) is 7.30. The van der Waals surface area contributed by atoms with E-state index >= 15 is 0 Å². The highest BCUT2D eigenvalue weighted by Gasteiger charge is 2.28. The zero-order valence-electron chi connectivity index (χ0n) is 13.9. The smallest absolute Gasteiger partial charge is 0.237 e. The van der Waals surface area contributed by atoms with Crippen LogP contribution < -0.4 is 11.1 Å². The Morgan fingerprint density at radius 3 is 2.35 bits per heavy atom. The minimum atomic E-state index is -0.538. The van der Waals surface area contributed by atoms with Crippen LogP contribution in [0.2, 0.25) is 0 Å². The van der Waals surface area contributed by atoms with E-state index in [1.54, 1.807) is 11.0 Å². The van der Waals surface area contributed by atoms with Gasteiger partial charge in [0.15, 0.2) is 0 Å². The molecule has 0 saturated heterocycles. The zero-order chi connectivity index (χ0) is 16.3. The van der Waals surface area contributed by atoms with E-state index in [1.807, 2.05) is 52.0 Å². The molecule has 0 radical (unpaired) electrons. The van der Waals surface area contributed by atoms with Crippen molar-refractivity contribution in [2.75, 3.05) is 0 Å². The molecule has 0 fully saturated rings. The van der Waals surface area contributed by atoms with Gasteiger partial charge in [-0.05, 0) is 30.0 Å². The van der Waals surface area contributed by atoms with E-state index in [1.165, 1.54) is 6.33 Å². The molecule has 1 heterocycles. The van der Waals surface area contributed by atoms with Crippen molar-refractivity contribution in [2.24, 2.45) is 11.1 Å². The van der Waals surface area contributed by atoms with E-state index in [0.717, 1.165) is 11.3 Å². The molecule has 0 saturated carbocycles. The van der Waals surface area contributed by atoms with Crippen molar-refractivity contribution < 1.29 is 4.79 Å². The van der Waals surface area contributed by atoms with Crippen LogP contribution in [0.15, 0.2) is 36.9 Å². The summed E-state index contributed by atoms with van der Waals surface area (Å²) in [5.41, 5.74) is 7.65. The Morgan fingerprint density at radius 2 is 1.87 bits per heavy atom. The van der Waals surface area contributed by atoms with Gasteiger partial charge in [-0.15, -0.1) is 12.4 Å². The second-order valence-corrected chi connectivity index (χ2v) is 6.51. The fourth-order valence-electron chi connectivity index (χ4n) is 2.04. The molecule has 2 aromatic rings. The predicted octanol–water partition coefficient (Wildman–Crippen LogP) is 2.24. The van der Waals surface area contributed by atoms with Gasteiger partial charge in [0.05, 0.1) is 17.8 Å². The third kappa shape index (κ3) is 4.77. The number of hydrogen-bond acceptors (Lipinski definition) is 4. The van der Waals surface area contributed by atoms with Gasteiger partial charge in [0, 0.05) is 0 Å². The van der Waals surface area contributed by atoms with Gasteiger partial charge >= 0.3 is 0 Å². The average Bonchev–Trinajstić information content (AvgIpc) is 2.99. The Balaban J connectivity index is 0.00000264. The van der Waals surface area contributed by atoms with Crippen molar-refractivity contribution in [3.63, 3.8) is 0 Å².